The Morgan fingerprint density at radius 2 is 2.10 bits per heavy atom. The lowest BCUT2D eigenvalue weighted by atomic mass is 9.99. The molecule has 0 saturated carbocycles. The van der Waals surface area contributed by atoms with Crippen LogP contribution in [0.15, 0.2) is 0 Å². The summed E-state index contributed by atoms with van der Waals surface area (Å²) in [6.45, 7) is 2.69. The first-order valence-corrected chi connectivity index (χ1v) is 7.11. The van der Waals surface area contributed by atoms with Crippen LogP contribution in [0.1, 0.15) is 19.3 Å². The molecule has 0 aromatic heterocycles. The molecule has 2 rings (SSSR count). The summed E-state index contributed by atoms with van der Waals surface area (Å²) in [5.41, 5.74) is 0. The van der Waals surface area contributed by atoms with Gasteiger partial charge in [0.1, 0.15) is 6.04 Å². The molecule has 0 aromatic rings. The van der Waals surface area contributed by atoms with Gasteiger partial charge in [0.2, 0.25) is 0 Å². The van der Waals surface area contributed by atoms with E-state index in [2.05, 4.69) is 17.3 Å². The third-order valence-corrected chi connectivity index (χ3v) is 4.09. The zero-order valence-corrected chi connectivity index (χ0v) is 11.8. The quantitative estimate of drug-likeness (QED) is 0.653. The first kappa shape index (κ1) is 15.1. The summed E-state index contributed by atoms with van der Waals surface area (Å²) in [5, 5.41) is 21.4. The van der Waals surface area contributed by atoms with Crippen molar-refractivity contribution in [3.8, 4) is 0 Å². The van der Waals surface area contributed by atoms with E-state index in [1.807, 2.05) is 0 Å². The van der Waals surface area contributed by atoms with Crippen molar-refractivity contribution in [2.75, 3.05) is 33.2 Å². The zero-order valence-electron chi connectivity index (χ0n) is 11.8. The molecule has 114 valence electrons. The number of aliphatic hydroxyl groups excluding tert-OH is 1. The maximum absolute atomic E-state index is 12.1. The number of nitrogens with one attached hydrogen (secondary N) is 1. The number of carbonyl (C=O) groups excluding carboxylic acids is 1. The number of hydrogen-bond donors (Lipinski definition) is 3. The molecule has 2 saturated heterocycles. The lowest BCUT2D eigenvalue weighted by Crippen LogP contribution is -2.48. The Morgan fingerprint density at radius 3 is 2.75 bits per heavy atom. The largest absolute Gasteiger partial charge is 0.480 e. The van der Waals surface area contributed by atoms with E-state index in [1.165, 1.54) is 4.90 Å². The highest BCUT2D eigenvalue weighted by atomic mass is 16.4. The summed E-state index contributed by atoms with van der Waals surface area (Å²) in [6.07, 6.45) is 1.56. The number of piperidine rings is 1. The van der Waals surface area contributed by atoms with E-state index in [4.69, 9.17) is 5.11 Å². The van der Waals surface area contributed by atoms with E-state index in [0.29, 0.717) is 12.5 Å². The van der Waals surface area contributed by atoms with Crippen molar-refractivity contribution in [1.29, 1.82) is 0 Å². The number of amides is 2. The molecule has 0 bridgehead atoms. The molecule has 7 heteroatoms. The number of likely N-dealkylation sites (tertiary alicyclic amines) is 2. The van der Waals surface area contributed by atoms with Crippen molar-refractivity contribution >= 4 is 12.0 Å². The van der Waals surface area contributed by atoms with E-state index < -0.39 is 18.1 Å². The predicted molar refractivity (Wildman–Crippen MR) is 72.4 cm³/mol. The standard InChI is InChI=1S/C13H23N3O4/c1-15-4-2-3-9(7-15)6-14-13(20)16-8-10(17)5-11(16)12(18)19/h9-11,17H,2-8H2,1H3,(H,14,20)(H,18,19)/t9?,10?,11-/m0/s1. The molecule has 0 aromatic carbocycles. The van der Waals surface area contributed by atoms with Crippen LogP contribution in [0.4, 0.5) is 4.79 Å². The number of hydrogen-bond acceptors (Lipinski definition) is 4. The molecule has 2 aliphatic heterocycles. The number of rotatable bonds is 3. The van der Waals surface area contributed by atoms with Gasteiger partial charge in [0, 0.05) is 26.1 Å². The molecule has 7 nitrogen and oxygen atoms in total. The van der Waals surface area contributed by atoms with Crippen LogP contribution >= 0.6 is 0 Å². The minimum atomic E-state index is -1.06. The zero-order chi connectivity index (χ0) is 14.7. The summed E-state index contributed by atoms with van der Waals surface area (Å²) in [7, 11) is 2.06. The van der Waals surface area contributed by atoms with Crippen LogP contribution < -0.4 is 5.32 Å². The third-order valence-electron chi connectivity index (χ3n) is 4.09. The maximum Gasteiger partial charge on any atom is 0.326 e. The molecule has 20 heavy (non-hydrogen) atoms. The van der Waals surface area contributed by atoms with Gasteiger partial charge in [0.05, 0.1) is 6.10 Å². The van der Waals surface area contributed by atoms with Crippen molar-refractivity contribution in [3.05, 3.63) is 0 Å². The monoisotopic (exact) mass is 285 g/mol. The van der Waals surface area contributed by atoms with E-state index >= 15 is 0 Å². The van der Waals surface area contributed by atoms with E-state index in [-0.39, 0.29) is 19.0 Å². The van der Waals surface area contributed by atoms with Crippen LogP contribution in [0.25, 0.3) is 0 Å². The number of aliphatic carboxylic acids is 1. The van der Waals surface area contributed by atoms with Crippen molar-refractivity contribution in [3.63, 3.8) is 0 Å². The highest BCUT2D eigenvalue weighted by molar-refractivity contribution is 5.83. The second kappa shape index (κ2) is 6.41. The number of nitrogens with zero attached hydrogens (tertiary/aromatic N) is 2. The normalized spacial score (nSPS) is 31.3. The van der Waals surface area contributed by atoms with Crippen molar-refractivity contribution < 1.29 is 19.8 Å². The Balaban J connectivity index is 1.83. The smallest absolute Gasteiger partial charge is 0.326 e. The second-order valence-electron chi connectivity index (χ2n) is 5.85. The van der Waals surface area contributed by atoms with Gasteiger partial charge in [0.25, 0.3) is 0 Å². The molecule has 0 aliphatic carbocycles. The van der Waals surface area contributed by atoms with E-state index in [1.54, 1.807) is 0 Å². The molecular weight excluding hydrogens is 262 g/mol. The Labute approximate surface area is 118 Å². The Hall–Kier alpha value is -1.34. The Morgan fingerprint density at radius 1 is 1.35 bits per heavy atom. The summed E-state index contributed by atoms with van der Waals surface area (Å²) >= 11 is 0. The summed E-state index contributed by atoms with van der Waals surface area (Å²) in [5.74, 6) is -0.650. The fraction of sp³-hybridized carbons (Fsp3) is 0.846. The first-order valence-electron chi connectivity index (χ1n) is 7.11. The van der Waals surface area contributed by atoms with Gasteiger partial charge in [0.15, 0.2) is 0 Å². The van der Waals surface area contributed by atoms with Gasteiger partial charge in [-0.15, -0.1) is 0 Å². The van der Waals surface area contributed by atoms with Gasteiger partial charge in [-0.3, -0.25) is 0 Å². The Bertz CT molecular complexity index is 377. The number of carbonyl (C=O) groups is 2. The van der Waals surface area contributed by atoms with E-state index in [9.17, 15) is 14.7 Å². The minimum Gasteiger partial charge on any atom is -0.480 e. The predicted octanol–water partition coefficient (Wildman–Crippen LogP) is -0.442. The summed E-state index contributed by atoms with van der Waals surface area (Å²) < 4.78 is 0. The summed E-state index contributed by atoms with van der Waals surface area (Å²) in [6, 6.07) is -1.30. The second-order valence-corrected chi connectivity index (χ2v) is 5.85. The lowest BCUT2D eigenvalue weighted by molar-refractivity contribution is -0.141. The molecule has 2 aliphatic rings. The van der Waals surface area contributed by atoms with Gasteiger partial charge >= 0.3 is 12.0 Å². The van der Waals surface area contributed by atoms with Crippen molar-refractivity contribution in [2.24, 2.45) is 5.92 Å². The molecule has 3 N–H and O–H groups in total. The van der Waals surface area contributed by atoms with Gasteiger partial charge in [-0.25, -0.2) is 9.59 Å². The van der Waals surface area contributed by atoms with Crippen LogP contribution in [-0.2, 0) is 4.79 Å². The fourth-order valence-corrected chi connectivity index (χ4v) is 3.05. The van der Waals surface area contributed by atoms with Gasteiger partial charge < -0.3 is 25.3 Å². The topological polar surface area (TPSA) is 93.1 Å². The average Bonchev–Trinajstić information content (AvgIpc) is 2.78. The van der Waals surface area contributed by atoms with Crippen LogP contribution in [0, 0.1) is 5.92 Å². The summed E-state index contributed by atoms with van der Waals surface area (Å²) in [4.78, 5) is 26.6. The van der Waals surface area contributed by atoms with Crippen molar-refractivity contribution in [1.82, 2.24) is 15.1 Å². The van der Waals surface area contributed by atoms with Crippen molar-refractivity contribution in [2.45, 2.75) is 31.4 Å². The molecule has 0 spiro atoms. The Kier molecular flexibility index (Phi) is 4.82. The molecule has 2 fully saturated rings. The highest BCUT2D eigenvalue weighted by Crippen LogP contribution is 2.19. The highest BCUT2D eigenvalue weighted by Gasteiger charge is 2.39. The maximum atomic E-state index is 12.1. The number of β-amino-alcohol motifs (C(OH)–C–C–N with tert-alkyl or cyclic N) is 1. The number of urea groups is 1. The molecule has 3 atom stereocenters. The molecule has 0 radical (unpaired) electrons. The number of carboxylic acids is 1. The van der Waals surface area contributed by atoms with Gasteiger partial charge in [-0.1, -0.05) is 0 Å². The number of carboxylic acid groups (broad SMARTS) is 1. The fourth-order valence-electron chi connectivity index (χ4n) is 3.05. The van der Waals surface area contributed by atoms with Crippen LogP contribution in [-0.4, -0.2) is 77.4 Å². The third kappa shape index (κ3) is 3.61. The van der Waals surface area contributed by atoms with E-state index in [0.717, 1.165) is 25.9 Å². The molecule has 2 unspecified atom stereocenters. The molecule has 2 amide bonds. The molecular formula is C13H23N3O4. The SMILES string of the molecule is CN1CCCC(CNC(=O)N2CC(O)C[C@H]2C(=O)O)C1. The van der Waals surface area contributed by atoms with Crippen LogP contribution in [0.2, 0.25) is 0 Å². The van der Waals surface area contributed by atoms with Crippen LogP contribution in [0.5, 0.6) is 0 Å². The molecule has 2 heterocycles. The average molecular weight is 285 g/mol. The minimum absolute atomic E-state index is 0.0906. The van der Waals surface area contributed by atoms with Gasteiger partial charge in [-0.05, 0) is 32.4 Å². The van der Waals surface area contributed by atoms with Crippen LogP contribution in [0.3, 0.4) is 0 Å². The number of aliphatic hydroxyl groups is 1. The van der Waals surface area contributed by atoms with Gasteiger partial charge in [-0.2, -0.15) is 0 Å². The lowest BCUT2D eigenvalue weighted by Gasteiger charge is -2.30. The first-order chi connectivity index (χ1) is 9.47.